The van der Waals surface area contributed by atoms with Gasteiger partial charge in [-0.3, -0.25) is 24.0 Å². The van der Waals surface area contributed by atoms with E-state index >= 15 is 0 Å². The lowest BCUT2D eigenvalue weighted by Crippen LogP contribution is -2.47. The molecule has 3 atom stereocenters. The van der Waals surface area contributed by atoms with Crippen LogP contribution in [0.4, 0.5) is 0 Å². The predicted octanol–water partition coefficient (Wildman–Crippen LogP) is 2.39. The maximum absolute atomic E-state index is 13.1. The Morgan fingerprint density at radius 2 is 1.53 bits per heavy atom. The summed E-state index contributed by atoms with van der Waals surface area (Å²) in [4.78, 5) is 61.4. The quantitative estimate of drug-likeness (QED) is 0.303. The third-order valence-electron chi connectivity index (χ3n) is 5.30. The van der Waals surface area contributed by atoms with Crippen LogP contribution in [0.1, 0.15) is 65.4 Å². The number of hydrogen-bond donors (Lipinski definition) is 4. The summed E-state index contributed by atoms with van der Waals surface area (Å²) in [7, 11) is 0. The van der Waals surface area contributed by atoms with Crippen LogP contribution < -0.4 is 10.6 Å². The molecule has 0 heterocycles. The maximum atomic E-state index is 13.1. The van der Waals surface area contributed by atoms with Gasteiger partial charge in [0, 0.05) is 25.7 Å². The molecule has 0 radical (unpaired) electrons. The van der Waals surface area contributed by atoms with Crippen molar-refractivity contribution in [1.29, 1.82) is 0 Å². The van der Waals surface area contributed by atoms with E-state index in [2.05, 4.69) is 10.6 Å². The lowest BCUT2D eigenvalue weighted by molar-refractivity contribution is -0.141. The number of Topliss-reactive ketones (excluding diaryl/α,β-unsaturated/α-hetero) is 2. The summed E-state index contributed by atoms with van der Waals surface area (Å²) in [5, 5.41) is 23.8. The Labute approximate surface area is 200 Å². The molecular formula is C25H36N2O7. The van der Waals surface area contributed by atoms with Gasteiger partial charge in [0.05, 0.1) is 18.5 Å². The number of hydrogen-bond acceptors (Lipinski definition) is 6. The van der Waals surface area contributed by atoms with Gasteiger partial charge < -0.3 is 20.8 Å². The lowest BCUT2D eigenvalue weighted by atomic mass is 9.88. The number of benzene rings is 1. The van der Waals surface area contributed by atoms with Crippen LogP contribution in [-0.2, 0) is 30.4 Å². The highest BCUT2D eigenvalue weighted by Crippen LogP contribution is 2.20. The minimum absolute atomic E-state index is 0.0594. The zero-order valence-corrected chi connectivity index (χ0v) is 20.3. The van der Waals surface area contributed by atoms with E-state index in [1.165, 1.54) is 19.1 Å². The number of phenols is 1. The summed E-state index contributed by atoms with van der Waals surface area (Å²) in [5.74, 6) is -3.51. The van der Waals surface area contributed by atoms with E-state index in [9.17, 15) is 29.1 Å². The smallest absolute Gasteiger partial charge is 0.305 e. The summed E-state index contributed by atoms with van der Waals surface area (Å²) in [6.07, 6.45) is 0.505. The summed E-state index contributed by atoms with van der Waals surface area (Å²) in [6.45, 7) is 6.87. The molecule has 1 rings (SSSR count). The molecule has 188 valence electrons. The zero-order valence-electron chi connectivity index (χ0n) is 20.3. The van der Waals surface area contributed by atoms with E-state index in [-0.39, 0.29) is 42.5 Å². The number of carbonyl (C=O) groups excluding carboxylic acids is 4. The van der Waals surface area contributed by atoms with Crippen LogP contribution in [0.3, 0.4) is 0 Å². The van der Waals surface area contributed by atoms with Crippen molar-refractivity contribution in [3.05, 3.63) is 29.8 Å². The van der Waals surface area contributed by atoms with E-state index in [4.69, 9.17) is 5.11 Å². The van der Waals surface area contributed by atoms with Crippen molar-refractivity contribution >= 4 is 29.4 Å². The van der Waals surface area contributed by atoms with Gasteiger partial charge in [-0.1, -0.05) is 32.9 Å². The largest absolute Gasteiger partial charge is 0.508 e. The topological polar surface area (TPSA) is 150 Å². The second kappa shape index (κ2) is 14.1. The van der Waals surface area contributed by atoms with Gasteiger partial charge in [0.25, 0.3) is 0 Å². The van der Waals surface area contributed by atoms with Gasteiger partial charge in [0.2, 0.25) is 11.8 Å². The van der Waals surface area contributed by atoms with Gasteiger partial charge in [-0.05, 0) is 42.9 Å². The number of phenolic OH excluding ortho intramolecular Hbond substituents is 1. The molecule has 0 aliphatic heterocycles. The van der Waals surface area contributed by atoms with Gasteiger partial charge in [-0.2, -0.15) is 0 Å². The molecule has 0 spiro atoms. The molecule has 0 bridgehead atoms. The van der Waals surface area contributed by atoms with Gasteiger partial charge in [0.1, 0.15) is 5.75 Å². The van der Waals surface area contributed by atoms with Crippen LogP contribution in [-0.4, -0.2) is 51.6 Å². The van der Waals surface area contributed by atoms with Crippen molar-refractivity contribution in [2.75, 3.05) is 0 Å². The highest BCUT2D eigenvalue weighted by Gasteiger charge is 2.31. The zero-order chi connectivity index (χ0) is 25.8. The Kier molecular flexibility index (Phi) is 12.0. The highest BCUT2D eigenvalue weighted by molar-refractivity contribution is 5.95. The Bertz CT molecular complexity index is 865. The van der Waals surface area contributed by atoms with Crippen molar-refractivity contribution in [1.82, 2.24) is 10.6 Å². The van der Waals surface area contributed by atoms with Gasteiger partial charge in [0.15, 0.2) is 11.6 Å². The van der Waals surface area contributed by atoms with Crippen LogP contribution in [0.2, 0.25) is 0 Å². The van der Waals surface area contributed by atoms with Crippen LogP contribution >= 0.6 is 0 Å². The molecule has 9 nitrogen and oxygen atoms in total. The number of ketones is 2. The van der Waals surface area contributed by atoms with Crippen molar-refractivity contribution in [2.24, 2.45) is 11.8 Å². The monoisotopic (exact) mass is 476 g/mol. The molecule has 1 aromatic carbocycles. The molecule has 0 aliphatic rings. The molecule has 0 saturated heterocycles. The fourth-order valence-corrected chi connectivity index (χ4v) is 3.73. The number of nitrogens with one attached hydrogen (secondary N) is 2. The van der Waals surface area contributed by atoms with Crippen LogP contribution in [0.15, 0.2) is 24.3 Å². The van der Waals surface area contributed by atoms with E-state index in [0.29, 0.717) is 12.8 Å². The third kappa shape index (κ3) is 10.6. The lowest BCUT2D eigenvalue weighted by Gasteiger charge is -2.24. The molecule has 34 heavy (non-hydrogen) atoms. The molecule has 0 saturated carbocycles. The molecule has 0 aliphatic carbocycles. The number of carboxylic acid groups (broad SMARTS) is 1. The summed E-state index contributed by atoms with van der Waals surface area (Å²) < 4.78 is 0. The standard InChI is InChI=1S/C25H36N2O7/c1-5-6-22(30)21(14-24(32)33)27-25(34)18(11-15(2)3)13-23(31)20(26-16(4)28)12-17-7-9-19(29)10-8-17/h7-10,15,18,20-21,29H,5-6,11-14H2,1-4H3,(H,26,28)(H,27,34)(H,32,33)/t18-,20-,21-/m0/s1. The summed E-state index contributed by atoms with van der Waals surface area (Å²) in [6, 6.07) is 4.22. The molecule has 1 aromatic rings. The van der Waals surface area contributed by atoms with Gasteiger partial charge in [-0.25, -0.2) is 0 Å². The first-order chi connectivity index (χ1) is 15.9. The number of aliphatic carboxylic acids is 1. The molecule has 4 N–H and O–H groups in total. The van der Waals surface area contributed by atoms with Gasteiger partial charge in [-0.15, -0.1) is 0 Å². The molecule has 0 aromatic heterocycles. The number of carbonyl (C=O) groups is 5. The van der Waals surface area contributed by atoms with Crippen LogP contribution in [0.5, 0.6) is 5.75 Å². The predicted molar refractivity (Wildman–Crippen MR) is 126 cm³/mol. The Hall–Kier alpha value is -3.23. The van der Waals surface area contributed by atoms with Crippen LogP contribution in [0, 0.1) is 11.8 Å². The highest BCUT2D eigenvalue weighted by atomic mass is 16.4. The van der Waals surface area contributed by atoms with E-state index in [1.54, 1.807) is 19.1 Å². The molecule has 2 amide bonds. The van der Waals surface area contributed by atoms with E-state index in [1.807, 2.05) is 13.8 Å². The van der Waals surface area contributed by atoms with Crippen molar-refractivity contribution in [3.63, 3.8) is 0 Å². The maximum Gasteiger partial charge on any atom is 0.305 e. The second-order valence-electron chi connectivity index (χ2n) is 9.00. The SMILES string of the molecule is CCCC(=O)[C@H](CC(=O)O)NC(=O)[C@H](CC(=O)[C@H](Cc1ccc(O)cc1)NC(C)=O)CC(C)C. The first kappa shape index (κ1) is 28.8. The average molecular weight is 477 g/mol. The number of carboxylic acids is 1. The number of rotatable bonds is 15. The average Bonchev–Trinajstić information content (AvgIpc) is 2.73. The number of aromatic hydroxyl groups is 1. The molecule has 0 unspecified atom stereocenters. The van der Waals surface area contributed by atoms with Crippen molar-refractivity contribution < 1.29 is 34.2 Å². The first-order valence-corrected chi connectivity index (χ1v) is 11.5. The Morgan fingerprint density at radius 3 is 2.03 bits per heavy atom. The third-order valence-corrected chi connectivity index (χ3v) is 5.30. The van der Waals surface area contributed by atoms with Crippen molar-refractivity contribution in [2.45, 2.75) is 78.3 Å². The minimum atomic E-state index is -1.20. The van der Waals surface area contributed by atoms with Crippen molar-refractivity contribution in [3.8, 4) is 5.75 Å². The minimum Gasteiger partial charge on any atom is -0.508 e. The normalized spacial score (nSPS) is 13.6. The second-order valence-corrected chi connectivity index (χ2v) is 9.00. The fraction of sp³-hybridized carbons (Fsp3) is 0.560. The van der Waals surface area contributed by atoms with Gasteiger partial charge >= 0.3 is 5.97 Å². The van der Waals surface area contributed by atoms with E-state index in [0.717, 1.165) is 5.56 Å². The van der Waals surface area contributed by atoms with E-state index < -0.39 is 42.2 Å². The van der Waals surface area contributed by atoms with Crippen LogP contribution in [0.25, 0.3) is 0 Å². The summed E-state index contributed by atoms with van der Waals surface area (Å²) >= 11 is 0. The molecular weight excluding hydrogens is 440 g/mol. The Balaban J connectivity index is 3.04. The fourth-order valence-electron chi connectivity index (χ4n) is 3.73. The number of amides is 2. The molecule has 0 fully saturated rings. The summed E-state index contributed by atoms with van der Waals surface area (Å²) in [5.41, 5.74) is 0.724. The first-order valence-electron chi connectivity index (χ1n) is 11.5. The molecule has 9 heteroatoms. The Morgan fingerprint density at radius 1 is 0.912 bits per heavy atom.